The number of rotatable bonds is 6. The molecule has 2 aromatic rings. The molecule has 0 aliphatic rings. The fraction of sp³-hybridized carbons (Fsp3) is 0.714. The van der Waals surface area contributed by atoms with Gasteiger partial charge in [0.05, 0.1) is 32.7 Å². The molecule has 10 nitrogen and oxygen atoms in total. The Balaban J connectivity index is 1.98. The summed E-state index contributed by atoms with van der Waals surface area (Å²) in [6.45, 7) is 0.525. The molecular formula is C7H12N8O2. The summed E-state index contributed by atoms with van der Waals surface area (Å²) in [6, 6.07) is 0. The highest BCUT2D eigenvalue weighted by atomic mass is 16.3. The van der Waals surface area contributed by atoms with Crippen LogP contribution in [0.5, 0.6) is 0 Å². The third-order valence-electron chi connectivity index (χ3n) is 1.90. The van der Waals surface area contributed by atoms with Crippen molar-refractivity contribution in [2.24, 2.45) is 0 Å². The second-order valence-electron chi connectivity index (χ2n) is 3.23. The van der Waals surface area contributed by atoms with E-state index in [9.17, 15) is 0 Å². The van der Waals surface area contributed by atoms with Crippen LogP contribution in [0.15, 0.2) is 0 Å². The van der Waals surface area contributed by atoms with Crippen LogP contribution in [-0.4, -0.2) is 63.8 Å². The highest BCUT2D eigenvalue weighted by molar-refractivity contribution is 4.92. The number of nitrogens with zero attached hydrogens (tertiary/aromatic N) is 8. The Hall–Kier alpha value is -1.94. The van der Waals surface area contributed by atoms with Gasteiger partial charge in [-0.05, 0) is 10.4 Å². The summed E-state index contributed by atoms with van der Waals surface area (Å²) in [7, 11) is 0. The molecule has 2 rings (SSSR count). The fourth-order valence-corrected chi connectivity index (χ4v) is 1.20. The Morgan fingerprint density at radius 3 is 1.71 bits per heavy atom. The van der Waals surface area contributed by atoms with Gasteiger partial charge in [-0.15, -0.1) is 20.4 Å². The molecule has 0 saturated heterocycles. The summed E-state index contributed by atoms with van der Waals surface area (Å²) >= 11 is 0. The molecule has 92 valence electrons. The van der Waals surface area contributed by atoms with E-state index in [2.05, 4.69) is 30.8 Å². The van der Waals surface area contributed by atoms with Gasteiger partial charge in [-0.3, -0.25) is 0 Å². The van der Waals surface area contributed by atoms with E-state index >= 15 is 0 Å². The normalized spacial score (nSPS) is 10.9. The van der Waals surface area contributed by atoms with Crippen molar-refractivity contribution in [1.29, 1.82) is 0 Å². The van der Waals surface area contributed by atoms with Crippen LogP contribution in [0.25, 0.3) is 0 Å². The molecule has 2 aromatic heterocycles. The maximum Gasteiger partial charge on any atom is 0.182 e. The summed E-state index contributed by atoms with van der Waals surface area (Å²) in [5.74, 6) is 0.920. The minimum absolute atomic E-state index is 0.0409. The first-order chi connectivity index (χ1) is 8.31. The quantitative estimate of drug-likeness (QED) is 0.555. The molecule has 0 aromatic carbocycles. The maximum absolute atomic E-state index is 8.69. The van der Waals surface area contributed by atoms with Crippen molar-refractivity contribution in [2.75, 3.05) is 13.2 Å². The van der Waals surface area contributed by atoms with Crippen LogP contribution in [0.4, 0.5) is 0 Å². The first kappa shape index (κ1) is 11.5. The second-order valence-corrected chi connectivity index (χ2v) is 3.23. The van der Waals surface area contributed by atoms with Crippen LogP contribution in [-0.2, 0) is 19.5 Å². The molecule has 0 saturated carbocycles. The number of aromatic nitrogens is 8. The largest absolute Gasteiger partial charge is 0.394 e. The lowest BCUT2D eigenvalue weighted by molar-refractivity contribution is 0.259. The van der Waals surface area contributed by atoms with E-state index in [1.54, 1.807) is 0 Å². The monoisotopic (exact) mass is 240 g/mol. The average Bonchev–Trinajstić information content (AvgIpc) is 2.91. The Morgan fingerprint density at radius 2 is 1.29 bits per heavy atom. The molecule has 10 heteroatoms. The molecule has 2 N–H and O–H groups in total. The van der Waals surface area contributed by atoms with Crippen LogP contribution >= 0.6 is 0 Å². The predicted molar refractivity (Wildman–Crippen MR) is 52.6 cm³/mol. The van der Waals surface area contributed by atoms with Gasteiger partial charge in [0.2, 0.25) is 0 Å². The highest BCUT2D eigenvalue weighted by Gasteiger charge is 2.08. The predicted octanol–water partition coefficient (Wildman–Crippen LogP) is -2.76. The lowest BCUT2D eigenvalue weighted by Gasteiger charge is -1.91. The van der Waals surface area contributed by atoms with Crippen LogP contribution in [0.1, 0.15) is 11.6 Å². The average molecular weight is 240 g/mol. The van der Waals surface area contributed by atoms with Crippen molar-refractivity contribution in [3.63, 3.8) is 0 Å². The molecule has 0 spiro atoms. The molecule has 0 radical (unpaired) electrons. The molecule has 0 unspecified atom stereocenters. The van der Waals surface area contributed by atoms with Gasteiger partial charge in [-0.25, -0.2) is 0 Å². The third-order valence-corrected chi connectivity index (χ3v) is 1.90. The van der Waals surface area contributed by atoms with Crippen molar-refractivity contribution in [3.8, 4) is 0 Å². The Labute approximate surface area is 95.9 Å². The molecule has 0 atom stereocenters. The highest BCUT2D eigenvalue weighted by Crippen LogP contribution is 1.96. The zero-order valence-corrected chi connectivity index (χ0v) is 9.01. The van der Waals surface area contributed by atoms with Gasteiger partial charge >= 0.3 is 0 Å². The van der Waals surface area contributed by atoms with Crippen molar-refractivity contribution in [3.05, 3.63) is 11.6 Å². The Morgan fingerprint density at radius 1 is 0.824 bits per heavy atom. The Bertz CT molecular complexity index is 424. The molecule has 0 amide bonds. The van der Waals surface area contributed by atoms with Crippen molar-refractivity contribution < 1.29 is 10.2 Å². The number of hydrogen-bond donors (Lipinski definition) is 2. The van der Waals surface area contributed by atoms with Gasteiger partial charge in [0.15, 0.2) is 11.6 Å². The van der Waals surface area contributed by atoms with Crippen molar-refractivity contribution in [2.45, 2.75) is 19.5 Å². The number of tetrazole rings is 2. The topological polar surface area (TPSA) is 128 Å². The van der Waals surface area contributed by atoms with Gasteiger partial charge in [-0.2, -0.15) is 9.59 Å². The van der Waals surface area contributed by atoms with Crippen LogP contribution < -0.4 is 0 Å². The summed E-state index contributed by atoms with van der Waals surface area (Å²) in [4.78, 5) is 2.60. The fourth-order valence-electron chi connectivity index (χ4n) is 1.20. The molecule has 0 aliphatic heterocycles. The number of aliphatic hydroxyl groups excluding tert-OH is 2. The lowest BCUT2D eigenvalue weighted by Crippen LogP contribution is -2.07. The second kappa shape index (κ2) is 5.41. The number of hydrogen-bond acceptors (Lipinski definition) is 8. The van der Waals surface area contributed by atoms with Crippen LogP contribution in [0, 0.1) is 0 Å². The lowest BCUT2D eigenvalue weighted by atomic mass is 10.4. The van der Waals surface area contributed by atoms with Crippen molar-refractivity contribution >= 4 is 0 Å². The molecule has 2 heterocycles. The van der Waals surface area contributed by atoms with E-state index in [1.165, 1.54) is 9.59 Å². The first-order valence-corrected chi connectivity index (χ1v) is 5.07. The third kappa shape index (κ3) is 3.01. The molecular weight excluding hydrogens is 228 g/mol. The van der Waals surface area contributed by atoms with Gasteiger partial charge < -0.3 is 10.2 Å². The van der Waals surface area contributed by atoms with Crippen molar-refractivity contribution in [1.82, 2.24) is 40.4 Å². The molecule has 0 fully saturated rings. The smallest absolute Gasteiger partial charge is 0.182 e. The summed E-state index contributed by atoms with van der Waals surface area (Å²) in [6.07, 6.45) is 0.316. The standard InChI is InChI=1S/C7H12N8O2/c16-3-1-14-10-6(8-12-14)5-7-9-13-15(11-7)2-4-17/h16-17H,1-5H2. The molecule has 0 bridgehead atoms. The first-order valence-electron chi connectivity index (χ1n) is 5.07. The van der Waals surface area contributed by atoms with Gasteiger partial charge in [-0.1, -0.05) is 0 Å². The van der Waals surface area contributed by atoms with Gasteiger partial charge in [0, 0.05) is 0 Å². The maximum atomic E-state index is 8.69. The van der Waals surface area contributed by atoms with E-state index in [1.807, 2.05) is 0 Å². The van der Waals surface area contributed by atoms with E-state index in [4.69, 9.17) is 10.2 Å². The minimum Gasteiger partial charge on any atom is -0.394 e. The van der Waals surface area contributed by atoms with E-state index in [0.29, 0.717) is 31.2 Å². The summed E-state index contributed by atoms with van der Waals surface area (Å²) < 4.78 is 0. The zero-order chi connectivity index (χ0) is 12.1. The molecule has 0 aliphatic carbocycles. The van der Waals surface area contributed by atoms with Gasteiger partial charge in [0.1, 0.15) is 0 Å². The van der Waals surface area contributed by atoms with Crippen LogP contribution in [0.3, 0.4) is 0 Å². The SMILES string of the molecule is OCCn1nnc(Cc2nnn(CCO)n2)n1. The van der Waals surface area contributed by atoms with E-state index < -0.39 is 0 Å². The summed E-state index contributed by atoms with van der Waals surface area (Å²) in [5.41, 5.74) is 0. The number of aliphatic hydroxyl groups is 2. The summed E-state index contributed by atoms with van der Waals surface area (Å²) in [5, 5.41) is 40.5. The van der Waals surface area contributed by atoms with Gasteiger partial charge in [0.25, 0.3) is 0 Å². The van der Waals surface area contributed by atoms with E-state index in [-0.39, 0.29) is 13.2 Å². The van der Waals surface area contributed by atoms with E-state index in [0.717, 1.165) is 0 Å². The van der Waals surface area contributed by atoms with Crippen LogP contribution in [0.2, 0.25) is 0 Å². The molecule has 17 heavy (non-hydrogen) atoms. The minimum atomic E-state index is -0.0409. The Kier molecular flexibility index (Phi) is 3.67. The zero-order valence-electron chi connectivity index (χ0n) is 9.01.